The summed E-state index contributed by atoms with van der Waals surface area (Å²) in [4.78, 5) is 13.0. The van der Waals surface area contributed by atoms with Crippen molar-refractivity contribution in [2.24, 2.45) is 11.8 Å². The number of Topliss-reactive ketones (excluding diaryl/α,β-unsaturated/α-hetero) is 1. The molecule has 0 spiro atoms. The van der Waals surface area contributed by atoms with Crippen molar-refractivity contribution in [3.63, 3.8) is 0 Å². The summed E-state index contributed by atoms with van der Waals surface area (Å²) in [6.07, 6.45) is -0.502. The van der Waals surface area contributed by atoms with Crippen LogP contribution in [-0.2, 0) is 4.74 Å². The van der Waals surface area contributed by atoms with Crippen molar-refractivity contribution in [2.75, 3.05) is 27.4 Å². The van der Waals surface area contributed by atoms with Crippen molar-refractivity contribution < 1.29 is 34.3 Å². The van der Waals surface area contributed by atoms with E-state index in [4.69, 9.17) is 14.2 Å². The monoisotopic (exact) mass is 374 g/mol. The molecule has 0 aliphatic carbocycles. The molecule has 3 atom stereocenters. The van der Waals surface area contributed by atoms with Gasteiger partial charge >= 0.3 is 0 Å². The minimum absolute atomic E-state index is 0.00334. The zero-order valence-electron chi connectivity index (χ0n) is 15.1. The van der Waals surface area contributed by atoms with Crippen LogP contribution in [-0.4, -0.2) is 48.5 Å². The molecule has 7 heteroatoms. The number of methoxy groups -OCH3 is 2. The van der Waals surface area contributed by atoms with Gasteiger partial charge in [0.25, 0.3) is 0 Å². The quantitative estimate of drug-likeness (QED) is 0.666. The van der Waals surface area contributed by atoms with E-state index < -0.39 is 17.9 Å². The lowest BCUT2D eigenvalue weighted by atomic mass is 9.83. The van der Waals surface area contributed by atoms with Crippen molar-refractivity contribution >= 4 is 5.78 Å². The van der Waals surface area contributed by atoms with Crippen LogP contribution in [0.4, 0.5) is 0 Å². The van der Waals surface area contributed by atoms with Crippen molar-refractivity contribution in [3.8, 4) is 23.0 Å². The number of aliphatic hydroxyl groups is 1. The van der Waals surface area contributed by atoms with Gasteiger partial charge in [0.2, 0.25) is 0 Å². The second-order valence-electron chi connectivity index (χ2n) is 6.39. The average molecular weight is 374 g/mol. The lowest BCUT2D eigenvalue weighted by Gasteiger charge is -2.21. The molecular formula is C20H22O7. The molecule has 2 aromatic carbocycles. The first kappa shape index (κ1) is 19.0. The summed E-state index contributed by atoms with van der Waals surface area (Å²) in [5, 5.41) is 29.4. The lowest BCUT2D eigenvalue weighted by molar-refractivity contribution is 0.0713. The molecule has 0 saturated carbocycles. The van der Waals surface area contributed by atoms with E-state index in [-0.39, 0.29) is 36.2 Å². The molecule has 1 fully saturated rings. The van der Waals surface area contributed by atoms with E-state index in [1.165, 1.54) is 38.5 Å². The van der Waals surface area contributed by atoms with E-state index in [9.17, 15) is 20.1 Å². The first-order valence-electron chi connectivity index (χ1n) is 8.50. The van der Waals surface area contributed by atoms with Crippen LogP contribution in [0.1, 0.15) is 22.0 Å². The van der Waals surface area contributed by atoms with Gasteiger partial charge in [-0.15, -0.1) is 0 Å². The SMILES string of the molecule is COc1cc(C(=O)[C@@H]2CO[C@H](c3ccc(O)c(OC)c3)[C@H]2CO)ccc1O. The van der Waals surface area contributed by atoms with E-state index in [1.54, 1.807) is 12.1 Å². The zero-order valence-corrected chi connectivity index (χ0v) is 15.1. The molecule has 1 aliphatic rings. The number of rotatable bonds is 6. The molecule has 0 amide bonds. The number of carbonyl (C=O) groups excluding carboxylic acids is 1. The van der Waals surface area contributed by atoms with Gasteiger partial charge in [0.15, 0.2) is 28.8 Å². The highest BCUT2D eigenvalue weighted by molar-refractivity contribution is 5.99. The zero-order chi connectivity index (χ0) is 19.6. The highest BCUT2D eigenvalue weighted by Gasteiger charge is 2.42. The summed E-state index contributed by atoms with van der Waals surface area (Å²) in [6.45, 7) is -0.0827. The molecule has 0 bridgehead atoms. The fourth-order valence-electron chi connectivity index (χ4n) is 3.42. The van der Waals surface area contributed by atoms with Crippen LogP contribution in [0.2, 0.25) is 0 Å². The Morgan fingerprint density at radius 2 is 1.70 bits per heavy atom. The first-order chi connectivity index (χ1) is 13.0. The number of aliphatic hydroxyl groups excluding tert-OH is 1. The maximum absolute atomic E-state index is 13.0. The largest absolute Gasteiger partial charge is 0.504 e. The third-order valence-corrected chi connectivity index (χ3v) is 4.91. The Hall–Kier alpha value is -2.77. The molecule has 7 nitrogen and oxygen atoms in total. The van der Waals surface area contributed by atoms with Crippen LogP contribution >= 0.6 is 0 Å². The molecule has 0 radical (unpaired) electrons. The molecular weight excluding hydrogens is 352 g/mol. The van der Waals surface area contributed by atoms with Crippen LogP contribution in [0, 0.1) is 11.8 Å². The van der Waals surface area contributed by atoms with Crippen molar-refractivity contribution in [1.82, 2.24) is 0 Å². The summed E-state index contributed by atoms with van der Waals surface area (Å²) >= 11 is 0. The first-order valence-corrected chi connectivity index (χ1v) is 8.50. The van der Waals surface area contributed by atoms with Gasteiger partial charge in [-0.1, -0.05) is 6.07 Å². The number of phenols is 2. The number of hydrogen-bond acceptors (Lipinski definition) is 7. The second-order valence-corrected chi connectivity index (χ2v) is 6.39. The molecule has 1 saturated heterocycles. The normalized spacial score (nSPS) is 21.8. The van der Waals surface area contributed by atoms with Gasteiger partial charge in [-0.05, 0) is 35.9 Å². The predicted molar refractivity (Wildman–Crippen MR) is 96.4 cm³/mol. The highest BCUT2D eigenvalue weighted by Crippen LogP contribution is 2.42. The Morgan fingerprint density at radius 1 is 1.07 bits per heavy atom. The number of phenolic OH excluding ortho intramolecular Hbond substituents is 2. The van der Waals surface area contributed by atoms with Gasteiger partial charge in [-0.2, -0.15) is 0 Å². The summed E-state index contributed by atoms with van der Waals surface area (Å²) in [6, 6.07) is 9.21. The van der Waals surface area contributed by atoms with E-state index in [1.807, 2.05) is 0 Å². The van der Waals surface area contributed by atoms with Gasteiger partial charge in [0, 0.05) is 18.1 Å². The number of carbonyl (C=O) groups is 1. The number of benzene rings is 2. The summed E-state index contributed by atoms with van der Waals surface area (Å²) in [5.74, 6) is -0.736. The number of ether oxygens (including phenoxy) is 3. The molecule has 3 N–H and O–H groups in total. The van der Waals surface area contributed by atoms with E-state index >= 15 is 0 Å². The van der Waals surface area contributed by atoms with Crippen LogP contribution in [0.3, 0.4) is 0 Å². The Balaban J connectivity index is 1.87. The van der Waals surface area contributed by atoms with Crippen LogP contribution < -0.4 is 9.47 Å². The Bertz CT molecular complexity index is 833. The van der Waals surface area contributed by atoms with Crippen molar-refractivity contribution in [1.29, 1.82) is 0 Å². The van der Waals surface area contributed by atoms with Gasteiger partial charge in [0.1, 0.15) is 0 Å². The van der Waals surface area contributed by atoms with Gasteiger partial charge < -0.3 is 29.5 Å². The molecule has 1 aliphatic heterocycles. The van der Waals surface area contributed by atoms with Gasteiger partial charge in [-0.25, -0.2) is 0 Å². The summed E-state index contributed by atoms with van der Waals surface area (Å²) < 4.78 is 16.0. The molecule has 2 aromatic rings. The number of aromatic hydroxyl groups is 2. The lowest BCUT2D eigenvalue weighted by Crippen LogP contribution is -2.26. The minimum Gasteiger partial charge on any atom is -0.504 e. The second kappa shape index (κ2) is 7.85. The molecule has 27 heavy (non-hydrogen) atoms. The van der Waals surface area contributed by atoms with Crippen LogP contribution in [0.5, 0.6) is 23.0 Å². The molecule has 3 rings (SSSR count). The molecule has 0 unspecified atom stereocenters. The van der Waals surface area contributed by atoms with Gasteiger partial charge in [0.05, 0.1) is 32.8 Å². The van der Waals surface area contributed by atoms with Crippen LogP contribution in [0.25, 0.3) is 0 Å². The molecule has 1 heterocycles. The molecule has 0 aromatic heterocycles. The highest BCUT2D eigenvalue weighted by atomic mass is 16.5. The standard InChI is InChI=1S/C20H22O7/c1-25-17-7-11(3-5-15(17)22)19(24)14-10-27-20(13(14)9-21)12-4-6-16(23)18(8-12)26-2/h3-8,13-14,20-23H,9-10H2,1-2H3/t13-,14+,20+/m0/s1. The summed E-state index contributed by atoms with van der Waals surface area (Å²) in [7, 11) is 2.86. The van der Waals surface area contributed by atoms with Crippen molar-refractivity contribution in [2.45, 2.75) is 6.10 Å². The summed E-state index contributed by atoms with van der Waals surface area (Å²) in [5.41, 5.74) is 1.09. The topological polar surface area (TPSA) is 105 Å². The smallest absolute Gasteiger partial charge is 0.168 e. The van der Waals surface area contributed by atoms with E-state index in [0.717, 1.165) is 0 Å². The Kier molecular flexibility index (Phi) is 5.53. The maximum atomic E-state index is 13.0. The Labute approximate surface area is 156 Å². The van der Waals surface area contributed by atoms with E-state index in [2.05, 4.69) is 0 Å². The minimum atomic E-state index is -0.547. The maximum Gasteiger partial charge on any atom is 0.168 e. The van der Waals surface area contributed by atoms with E-state index in [0.29, 0.717) is 16.9 Å². The van der Waals surface area contributed by atoms with Crippen molar-refractivity contribution in [3.05, 3.63) is 47.5 Å². The average Bonchev–Trinajstić information content (AvgIpc) is 3.12. The number of hydrogen-bond donors (Lipinski definition) is 3. The third-order valence-electron chi connectivity index (χ3n) is 4.91. The van der Waals surface area contributed by atoms with Crippen LogP contribution in [0.15, 0.2) is 36.4 Å². The Morgan fingerprint density at radius 3 is 2.33 bits per heavy atom. The predicted octanol–water partition coefficient (Wildman–Crippen LogP) is 2.29. The number of ketones is 1. The molecule has 144 valence electrons. The fourth-order valence-corrected chi connectivity index (χ4v) is 3.42. The van der Waals surface area contributed by atoms with Gasteiger partial charge in [-0.3, -0.25) is 4.79 Å². The fraction of sp³-hybridized carbons (Fsp3) is 0.350. The third kappa shape index (κ3) is 3.56.